The standard InChI is InChI=1S/C21H28O2/c1-16(17-8-3-2-4-9-17)11-15-20-12-7-14-21(23-19(20)22)13-6-5-10-18(20)21/h2-4,8-9,11,18-19,22H,5-7,10,12-15H2,1H3/b16-11+/t18?,19?,20-,21-/m0/s1. The molecule has 2 heteroatoms. The number of aliphatic hydroxyl groups excluding tert-OH is 1. The van der Waals surface area contributed by atoms with E-state index in [1.165, 1.54) is 36.8 Å². The van der Waals surface area contributed by atoms with Crippen LogP contribution in [0.5, 0.6) is 0 Å². The van der Waals surface area contributed by atoms with E-state index in [2.05, 4.69) is 43.3 Å². The molecule has 2 bridgehead atoms. The molecular weight excluding hydrogens is 284 g/mol. The van der Waals surface area contributed by atoms with Crippen molar-refractivity contribution in [3.63, 3.8) is 0 Å². The fraction of sp³-hybridized carbons (Fsp3) is 0.619. The van der Waals surface area contributed by atoms with Gasteiger partial charge in [0.05, 0.1) is 5.60 Å². The molecule has 2 aliphatic carbocycles. The van der Waals surface area contributed by atoms with Crippen LogP contribution in [0, 0.1) is 11.3 Å². The van der Waals surface area contributed by atoms with E-state index in [0.717, 1.165) is 25.7 Å². The average Bonchev–Trinajstić information content (AvgIpc) is 2.74. The van der Waals surface area contributed by atoms with Gasteiger partial charge in [0.25, 0.3) is 0 Å². The van der Waals surface area contributed by atoms with E-state index in [1.807, 2.05) is 0 Å². The molecule has 2 saturated carbocycles. The third kappa shape index (κ3) is 2.38. The van der Waals surface area contributed by atoms with Crippen LogP contribution in [0.4, 0.5) is 0 Å². The Morgan fingerprint density at radius 2 is 1.96 bits per heavy atom. The fourth-order valence-corrected chi connectivity index (χ4v) is 5.55. The molecule has 1 saturated heterocycles. The van der Waals surface area contributed by atoms with Crippen LogP contribution in [-0.2, 0) is 4.74 Å². The molecule has 3 aliphatic rings. The quantitative estimate of drug-likeness (QED) is 0.857. The zero-order valence-electron chi connectivity index (χ0n) is 14.1. The largest absolute Gasteiger partial charge is 0.367 e. The highest BCUT2D eigenvalue weighted by Gasteiger charge is 2.64. The van der Waals surface area contributed by atoms with Gasteiger partial charge in [0, 0.05) is 5.41 Å². The van der Waals surface area contributed by atoms with Crippen LogP contribution >= 0.6 is 0 Å². The molecule has 4 rings (SSSR count). The molecule has 1 aliphatic heterocycles. The van der Waals surface area contributed by atoms with Gasteiger partial charge in [-0.1, -0.05) is 49.2 Å². The molecule has 124 valence electrons. The summed E-state index contributed by atoms with van der Waals surface area (Å²) < 4.78 is 6.24. The van der Waals surface area contributed by atoms with Gasteiger partial charge in [-0.15, -0.1) is 0 Å². The molecule has 1 heterocycles. The summed E-state index contributed by atoms with van der Waals surface area (Å²) in [5, 5.41) is 10.8. The molecule has 1 aromatic carbocycles. The number of allylic oxidation sites excluding steroid dienone is 2. The Bertz CT molecular complexity index is 589. The Hall–Kier alpha value is -1.12. The predicted molar refractivity (Wildman–Crippen MR) is 92.8 cm³/mol. The van der Waals surface area contributed by atoms with E-state index >= 15 is 0 Å². The minimum Gasteiger partial charge on any atom is -0.367 e. The van der Waals surface area contributed by atoms with Crippen LogP contribution in [0.15, 0.2) is 36.4 Å². The van der Waals surface area contributed by atoms with Crippen molar-refractivity contribution in [3.8, 4) is 0 Å². The normalized spacial score (nSPS) is 40.0. The lowest BCUT2D eigenvalue weighted by molar-refractivity contribution is -0.162. The van der Waals surface area contributed by atoms with E-state index in [4.69, 9.17) is 4.74 Å². The Morgan fingerprint density at radius 3 is 2.78 bits per heavy atom. The van der Waals surface area contributed by atoms with Gasteiger partial charge >= 0.3 is 0 Å². The maximum atomic E-state index is 10.8. The minimum absolute atomic E-state index is 0.00952. The molecule has 4 atom stereocenters. The SMILES string of the molecule is C/C(=C\C[C@@]12CCC[C@]3(CCCCC31)OC2O)c1ccccc1. The van der Waals surface area contributed by atoms with Crippen LogP contribution < -0.4 is 0 Å². The van der Waals surface area contributed by atoms with Crippen molar-refractivity contribution in [1.29, 1.82) is 0 Å². The second-order valence-electron chi connectivity index (χ2n) is 7.88. The second kappa shape index (κ2) is 5.75. The maximum Gasteiger partial charge on any atom is 0.161 e. The van der Waals surface area contributed by atoms with Crippen molar-refractivity contribution in [2.75, 3.05) is 0 Å². The lowest BCUT2D eigenvalue weighted by atomic mass is 9.56. The summed E-state index contributed by atoms with van der Waals surface area (Å²) in [4.78, 5) is 0. The van der Waals surface area contributed by atoms with Crippen LogP contribution in [0.25, 0.3) is 5.57 Å². The van der Waals surface area contributed by atoms with E-state index < -0.39 is 6.29 Å². The Labute approximate surface area is 139 Å². The van der Waals surface area contributed by atoms with Crippen molar-refractivity contribution < 1.29 is 9.84 Å². The highest BCUT2D eigenvalue weighted by molar-refractivity contribution is 5.63. The topological polar surface area (TPSA) is 29.5 Å². The van der Waals surface area contributed by atoms with Crippen molar-refractivity contribution in [2.24, 2.45) is 11.3 Å². The average molecular weight is 312 g/mol. The summed E-state index contributed by atoms with van der Waals surface area (Å²) in [5.41, 5.74) is 2.54. The first kappa shape index (κ1) is 15.4. The van der Waals surface area contributed by atoms with Gasteiger partial charge in [-0.05, 0) is 62.5 Å². The van der Waals surface area contributed by atoms with E-state index in [9.17, 15) is 5.11 Å². The zero-order chi connectivity index (χ0) is 15.9. The van der Waals surface area contributed by atoms with E-state index in [1.54, 1.807) is 0 Å². The van der Waals surface area contributed by atoms with Gasteiger partial charge in [-0.25, -0.2) is 0 Å². The maximum absolute atomic E-state index is 10.8. The van der Waals surface area contributed by atoms with Crippen LogP contribution in [-0.4, -0.2) is 17.0 Å². The van der Waals surface area contributed by atoms with Crippen molar-refractivity contribution in [2.45, 2.75) is 70.2 Å². The van der Waals surface area contributed by atoms with Gasteiger partial charge < -0.3 is 9.84 Å². The van der Waals surface area contributed by atoms with Crippen LogP contribution in [0.1, 0.15) is 63.9 Å². The Morgan fingerprint density at radius 1 is 1.17 bits per heavy atom. The smallest absolute Gasteiger partial charge is 0.161 e. The van der Waals surface area contributed by atoms with Gasteiger partial charge in [-0.3, -0.25) is 0 Å². The van der Waals surface area contributed by atoms with Crippen molar-refractivity contribution >= 4 is 5.57 Å². The zero-order valence-corrected chi connectivity index (χ0v) is 14.1. The Kier molecular flexibility index (Phi) is 3.85. The molecule has 2 nitrogen and oxygen atoms in total. The van der Waals surface area contributed by atoms with Gasteiger partial charge in [0.2, 0.25) is 0 Å². The molecule has 0 aromatic heterocycles. The summed E-state index contributed by atoms with van der Waals surface area (Å²) in [5.74, 6) is 0.548. The molecule has 23 heavy (non-hydrogen) atoms. The number of rotatable bonds is 3. The third-order valence-corrected chi connectivity index (χ3v) is 6.77. The first-order valence-corrected chi connectivity index (χ1v) is 9.24. The number of benzene rings is 1. The van der Waals surface area contributed by atoms with Crippen LogP contribution in [0.2, 0.25) is 0 Å². The highest BCUT2D eigenvalue weighted by Crippen LogP contribution is 2.63. The van der Waals surface area contributed by atoms with Crippen molar-refractivity contribution in [1.82, 2.24) is 0 Å². The minimum atomic E-state index is -0.576. The van der Waals surface area contributed by atoms with Crippen molar-refractivity contribution in [3.05, 3.63) is 42.0 Å². The number of ether oxygens (including phenoxy) is 1. The second-order valence-corrected chi connectivity index (χ2v) is 7.88. The van der Waals surface area contributed by atoms with Crippen LogP contribution in [0.3, 0.4) is 0 Å². The molecule has 0 radical (unpaired) electrons. The fourth-order valence-electron chi connectivity index (χ4n) is 5.55. The lowest BCUT2D eigenvalue weighted by Gasteiger charge is -2.48. The predicted octanol–water partition coefficient (Wildman–Crippen LogP) is 4.93. The lowest BCUT2D eigenvalue weighted by Crippen LogP contribution is -2.47. The molecular formula is C21H28O2. The molecule has 3 fully saturated rings. The monoisotopic (exact) mass is 312 g/mol. The molecule has 0 spiro atoms. The van der Waals surface area contributed by atoms with Gasteiger partial charge in [0.15, 0.2) is 6.29 Å². The number of hydrogen-bond acceptors (Lipinski definition) is 2. The summed E-state index contributed by atoms with van der Waals surface area (Å²) in [7, 11) is 0. The first-order chi connectivity index (χ1) is 11.2. The molecule has 0 amide bonds. The summed E-state index contributed by atoms with van der Waals surface area (Å²) in [6.45, 7) is 2.19. The number of aliphatic hydroxyl groups is 1. The summed E-state index contributed by atoms with van der Waals surface area (Å²) in [6, 6.07) is 10.6. The highest BCUT2D eigenvalue weighted by atomic mass is 16.6. The van der Waals surface area contributed by atoms with E-state index in [-0.39, 0.29) is 11.0 Å². The third-order valence-electron chi connectivity index (χ3n) is 6.77. The Balaban J connectivity index is 1.62. The number of hydrogen-bond donors (Lipinski definition) is 1. The summed E-state index contributed by atoms with van der Waals surface area (Å²) in [6.07, 6.45) is 11.1. The molecule has 1 aromatic rings. The summed E-state index contributed by atoms with van der Waals surface area (Å²) >= 11 is 0. The molecule has 1 N–H and O–H groups in total. The van der Waals surface area contributed by atoms with Gasteiger partial charge in [-0.2, -0.15) is 0 Å². The van der Waals surface area contributed by atoms with E-state index in [0.29, 0.717) is 5.92 Å². The first-order valence-electron chi connectivity index (χ1n) is 9.24. The molecule has 2 unspecified atom stereocenters. The van der Waals surface area contributed by atoms with Gasteiger partial charge in [0.1, 0.15) is 0 Å².